The Morgan fingerprint density at radius 1 is 1.33 bits per heavy atom. The van der Waals surface area contributed by atoms with Gasteiger partial charge in [-0.15, -0.1) is 0 Å². The Balaban J connectivity index is 1.81. The number of fused-ring (bicyclic) bond motifs is 1. The van der Waals surface area contributed by atoms with Crippen LogP contribution in [0.2, 0.25) is 0 Å². The van der Waals surface area contributed by atoms with Gasteiger partial charge in [-0.3, -0.25) is 5.10 Å². The van der Waals surface area contributed by atoms with Gasteiger partial charge in [0.2, 0.25) is 0 Å². The fraction of sp³-hybridized carbons (Fsp3) is 0.462. The van der Waals surface area contributed by atoms with Gasteiger partial charge in [0.25, 0.3) is 0 Å². The van der Waals surface area contributed by atoms with Crippen LogP contribution in [-0.4, -0.2) is 32.9 Å². The lowest BCUT2D eigenvalue weighted by Crippen LogP contribution is -2.29. The first kappa shape index (κ1) is 16.4. The maximum absolute atomic E-state index is 13.8. The van der Waals surface area contributed by atoms with Gasteiger partial charge < -0.3 is 15.4 Å². The molecule has 2 aromatic rings. The fourth-order valence-electron chi connectivity index (χ4n) is 2.32. The molecule has 1 aliphatic rings. The van der Waals surface area contributed by atoms with Gasteiger partial charge in [0.05, 0.1) is 17.4 Å². The predicted molar refractivity (Wildman–Crippen MR) is 75.3 cm³/mol. The summed E-state index contributed by atoms with van der Waals surface area (Å²) in [6.07, 6.45) is -3.80. The summed E-state index contributed by atoms with van der Waals surface area (Å²) in [7, 11) is 0. The van der Waals surface area contributed by atoms with E-state index in [-0.39, 0.29) is 11.4 Å². The third kappa shape index (κ3) is 3.25. The number of hydrogen-bond acceptors (Lipinski definition) is 6. The monoisotopic (exact) mass is 346 g/mol. The van der Waals surface area contributed by atoms with Crippen molar-refractivity contribution in [2.75, 3.05) is 11.9 Å². The Bertz CT molecular complexity index is 757. The fourth-order valence-corrected chi connectivity index (χ4v) is 2.32. The minimum absolute atomic E-state index is 0.312. The highest BCUT2D eigenvalue weighted by Crippen LogP contribution is 2.34. The molecule has 11 heteroatoms. The number of H-pyrrole nitrogens is 1. The molecular formula is C13H14F4N6O. The van der Waals surface area contributed by atoms with Crippen LogP contribution in [0.4, 0.5) is 29.2 Å². The normalized spacial score (nSPS) is 16.1. The van der Waals surface area contributed by atoms with E-state index < -0.39 is 24.6 Å². The van der Waals surface area contributed by atoms with Crippen molar-refractivity contribution in [2.45, 2.75) is 32.1 Å². The number of aromatic amines is 1. The van der Waals surface area contributed by atoms with Gasteiger partial charge >= 0.3 is 12.2 Å². The topological polar surface area (TPSA) is 87.8 Å². The number of rotatable bonds is 4. The molecule has 0 fully saturated rings. The van der Waals surface area contributed by atoms with E-state index in [9.17, 15) is 17.6 Å². The summed E-state index contributed by atoms with van der Waals surface area (Å²) in [5.74, 6) is -0.819. The molecule has 2 aromatic heterocycles. The lowest BCUT2D eigenvalue weighted by molar-refractivity contribution is -0.154. The third-order valence-corrected chi connectivity index (χ3v) is 3.52. The number of alkyl halides is 3. The van der Waals surface area contributed by atoms with Crippen LogP contribution < -0.4 is 15.4 Å². The van der Waals surface area contributed by atoms with E-state index in [2.05, 4.69) is 35.5 Å². The van der Waals surface area contributed by atoms with Crippen molar-refractivity contribution in [1.29, 1.82) is 0 Å². The second-order valence-electron chi connectivity index (χ2n) is 5.78. The molecule has 0 aromatic carbocycles. The molecule has 0 radical (unpaired) electrons. The molecule has 3 rings (SSSR count). The third-order valence-electron chi connectivity index (χ3n) is 3.52. The van der Waals surface area contributed by atoms with E-state index >= 15 is 0 Å². The van der Waals surface area contributed by atoms with Crippen molar-refractivity contribution in [1.82, 2.24) is 25.5 Å². The summed E-state index contributed by atoms with van der Waals surface area (Å²) in [5, 5.41) is 12.8. The summed E-state index contributed by atoms with van der Waals surface area (Å²) >= 11 is 0. The quantitative estimate of drug-likeness (QED) is 0.737. The molecule has 0 saturated carbocycles. The molecule has 130 valence electrons. The lowest BCUT2D eigenvalue weighted by Gasteiger charge is -2.16. The number of nitrogens with one attached hydrogen (secondary N) is 3. The lowest BCUT2D eigenvalue weighted by atomic mass is 10.0. The number of hydrogen-bond donors (Lipinski definition) is 3. The molecule has 0 spiro atoms. The van der Waals surface area contributed by atoms with Gasteiger partial charge in [0.1, 0.15) is 0 Å². The van der Waals surface area contributed by atoms with Gasteiger partial charge in [-0.25, -0.2) is 9.37 Å². The van der Waals surface area contributed by atoms with Crippen LogP contribution in [-0.2, 0) is 12.1 Å². The molecule has 0 atom stereocenters. The first-order chi connectivity index (χ1) is 11.2. The van der Waals surface area contributed by atoms with Crippen molar-refractivity contribution in [3.8, 4) is 6.01 Å². The van der Waals surface area contributed by atoms with Crippen LogP contribution in [0.25, 0.3) is 0 Å². The number of anilines is 2. The van der Waals surface area contributed by atoms with Crippen LogP contribution in [0.1, 0.15) is 25.1 Å². The van der Waals surface area contributed by atoms with E-state index in [1.165, 1.54) is 0 Å². The zero-order valence-corrected chi connectivity index (χ0v) is 12.8. The van der Waals surface area contributed by atoms with Crippen molar-refractivity contribution in [3.05, 3.63) is 23.3 Å². The van der Waals surface area contributed by atoms with E-state index in [4.69, 9.17) is 0 Å². The molecule has 0 bridgehead atoms. The summed E-state index contributed by atoms with van der Waals surface area (Å²) < 4.78 is 54.7. The Hall–Kier alpha value is -2.43. The molecule has 24 heavy (non-hydrogen) atoms. The van der Waals surface area contributed by atoms with E-state index in [0.717, 1.165) is 17.5 Å². The van der Waals surface area contributed by atoms with Gasteiger partial charge in [-0.2, -0.15) is 23.3 Å². The number of nitrogens with zero attached hydrogens (tertiary/aromatic N) is 3. The number of halogens is 4. The molecule has 1 aliphatic heterocycles. The maximum atomic E-state index is 13.8. The van der Waals surface area contributed by atoms with Gasteiger partial charge in [0.15, 0.2) is 24.1 Å². The zero-order valence-electron chi connectivity index (χ0n) is 12.8. The Morgan fingerprint density at radius 3 is 2.79 bits per heavy atom. The Morgan fingerprint density at radius 2 is 2.08 bits per heavy atom. The van der Waals surface area contributed by atoms with E-state index in [1.807, 2.05) is 13.8 Å². The molecule has 3 heterocycles. The minimum Gasteiger partial charge on any atom is -0.454 e. The predicted octanol–water partition coefficient (Wildman–Crippen LogP) is 2.36. The van der Waals surface area contributed by atoms with Crippen molar-refractivity contribution in [2.24, 2.45) is 0 Å². The average molecular weight is 346 g/mol. The molecule has 0 unspecified atom stereocenters. The van der Waals surface area contributed by atoms with E-state index in [1.54, 1.807) is 0 Å². The first-order valence-electron chi connectivity index (χ1n) is 6.97. The standard InChI is InChI=1S/C13H14F4N6O/c1-12(2)8-6(3-19-12)9(23-22-8)20-10-7(14)4-18-11(21-10)24-5-13(15,16)17/h4,19H,3,5H2,1-2H3,(H2,18,20,21,22,23). The first-order valence-corrected chi connectivity index (χ1v) is 6.97. The van der Waals surface area contributed by atoms with Gasteiger partial charge in [-0.1, -0.05) is 0 Å². The second-order valence-corrected chi connectivity index (χ2v) is 5.78. The molecule has 0 amide bonds. The van der Waals surface area contributed by atoms with Crippen molar-refractivity contribution >= 4 is 11.6 Å². The summed E-state index contributed by atoms with van der Waals surface area (Å²) in [6, 6.07) is -0.582. The van der Waals surface area contributed by atoms with Gasteiger partial charge in [0, 0.05) is 12.1 Å². The second kappa shape index (κ2) is 5.58. The Labute approximate surface area is 133 Å². The maximum Gasteiger partial charge on any atom is 0.422 e. The Kier molecular flexibility index (Phi) is 3.82. The summed E-state index contributed by atoms with van der Waals surface area (Å²) in [4.78, 5) is 7.00. The van der Waals surface area contributed by atoms with Crippen LogP contribution in [0.5, 0.6) is 6.01 Å². The van der Waals surface area contributed by atoms with Crippen molar-refractivity contribution in [3.63, 3.8) is 0 Å². The largest absolute Gasteiger partial charge is 0.454 e. The van der Waals surface area contributed by atoms with E-state index in [0.29, 0.717) is 12.4 Å². The molecule has 7 nitrogen and oxygen atoms in total. The molecule has 0 saturated heterocycles. The van der Waals surface area contributed by atoms with Gasteiger partial charge in [-0.05, 0) is 13.8 Å². The summed E-state index contributed by atoms with van der Waals surface area (Å²) in [6.45, 7) is 2.85. The highest BCUT2D eigenvalue weighted by molar-refractivity contribution is 5.59. The highest BCUT2D eigenvalue weighted by Gasteiger charge is 2.34. The number of ether oxygens (including phenoxy) is 1. The SMILES string of the molecule is CC1(C)NCc2c(Nc3nc(OCC(F)(F)F)ncc3F)n[nH]c21. The van der Waals surface area contributed by atoms with Crippen LogP contribution in [0, 0.1) is 5.82 Å². The highest BCUT2D eigenvalue weighted by atomic mass is 19.4. The minimum atomic E-state index is -4.54. The summed E-state index contributed by atoms with van der Waals surface area (Å²) in [5.41, 5.74) is 1.33. The molecular weight excluding hydrogens is 332 g/mol. The van der Waals surface area contributed by atoms with Crippen LogP contribution in [0.3, 0.4) is 0 Å². The smallest absolute Gasteiger partial charge is 0.422 e. The van der Waals surface area contributed by atoms with Crippen LogP contribution >= 0.6 is 0 Å². The van der Waals surface area contributed by atoms with Crippen LogP contribution in [0.15, 0.2) is 6.20 Å². The molecule has 0 aliphatic carbocycles. The zero-order chi connectivity index (χ0) is 17.5. The number of aromatic nitrogens is 4. The average Bonchev–Trinajstić information content (AvgIpc) is 3.01. The molecule has 3 N–H and O–H groups in total. The van der Waals surface area contributed by atoms with Crippen molar-refractivity contribution < 1.29 is 22.3 Å².